The minimum Gasteiger partial charge on any atom is -0.390 e. The molecule has 0 amide bonds. The van der Waals surface area contributed by atoms with Crippen molar-refractivity contribution in [3.8, 4) is 0 Å². The van der Waals surface area contributed by atoms with Gasteiger partial charge in [-0.15, -0.1) is 0 Å². The van der Waals surface area contributed by atoms with E-state index in [0.717, 1.165) is 12.8 Å². The lowest BCUT2D eigenvalue weighted by atomic mass is 10.0. The van der Waals surface area contributed by atoms with Gasteiger partial charge in [-0.1, -0.05) is 90.4 Å². The van der Waals surface area contributed by atoms with Crippen LogP contribution in [0.15, 0.2) is 0 Å². The molecule has 0 saturated carbocycles. The smallest absolute Gasteiger partial charge is 0.0831 e. The van der Waals surface area contributed by atoms with Crippen LogP contribution < -0.4 is 0 Å². The molecule has 2 unspecified atom stereocenters. The highest BCUT2D eigenvalue weighted by molar-refractivity contribution is 4.70. The first-order valence-corrected chi connectivity index (χ1v) is 9.26. The zero-order valence-electron chi connectivity index (χ0n) is 14.6. The number of methoxy groups -OCH3 is 1. The Kier molecular flexibility index (Phi) is 16.2. The summed E-state index contributed by atoms with van der Waals surface area (Å²) < 4.78 is 5.01. The maximum absolute atomic E-state index is 9.71. The first kappa shape index (κ1) is 20.9. The van der Waals surface area contributed by atoms with Crippen LogP contribution in [0.1, 0.15) is 96.8 Å². The second-order valence-corrected chi connectivity index (χ2v) is 6.37. The van der Waals surface area contributed by atoms with Gasteiger partial charge in [0.25, 0.3) is 0 Å². The van der Waals surface area contributed by atoms with E-state index in [1.807, 2.05) is 0 Å². The zero-order chi connectivity index (χ0) is 15.8. The number of hydrogen-bond acceptors (Lipinski definition) is 2. The number of rotatable bonds is 16. The summed E-state index contributed by atoms with van der Waals surface area (Å²) in [5, 5.41) is 9.71. The fourth-order valence-corrected chi connectivity index (χ4v) is 2.71. The number of hydrogen-bond donors (Lipinski definition) is 1. The molecule has 21 heavy (non-hydrogen) atoms. The van der Waals surface area contributed by atoms with Gasteiger partial charge < -0.3 is 9.84 Å². The Balaban J connectivity index is 3.09. The molecule has 0 rings (SSSR count). The molecule has 0 aromatic rings. The Morgan fingerprint density at radius 2 is 1.14 bits per heavy atom. The number of ether oxygens (including phenoxy) is 1. The van der Waals surface area contributed by atoms with Gasteiger partial charge in [0, 0.05) is 7.11 Å². The molecule has 0 bridgehead atoms. The first-order valence-electron chi connectivity index (χ1n) is 9.26. The van der Waals surface area contributed by atoms with Gasteiger partial charge in [-0.3, -0.25) is 0 Å². The summed E-state index contributed by atoms with van der Waals surface area (Å²) in [7, 11) is 1.60. The van der Waals surface area contributed by atoms with Crippen LogP contribution in [-0.2, 0) is 4.74 Å². The van der Waals surface area contributed by atoms with Crippen molar-refractivity contribution in [1.82, 2.24) is 0 Å². The van der Waals surface area contributed by atoms with Crippen molar-refractivity contribution in [2.24, 2.45) is 0 Å². The molecule has 0 aliphatic heterocycles. The maximum atomic E-state index is 9.71. The van der Waals surface area contributed by atoms with Crippen LogP contribution in [0.3, 0.4) is 0 Å². The fraction of sp³-hybridized carbons (Fsp3) is 0.947. The fourth-order valence-electron chi connectivity index (χ4n) is 2.71. The van der Waals surface area contributed by atoms with E-state index in [4.69, 9.17) is 4.74 Å². The molecule has 2 heteroatoms. The van der Waals surface area contributed by atoms with E-state index < -0.39 is 6.10 Å². The Labute approximate surface area is 133 Å². The van der Waals surface area contributed by atoms with Gasteiger partial charge in [-0.05, 0) is 13.3 Å². The number of unbranched alkanes of at least 4 members (excludes halogenated alkanes) is 12. The predicted octanol–water partition coefficient (Wildman–Crippen LogP) is 5.68. The summed E-state index contributed by atoms with van der Waals surface area (Å²) in [6.07, 6.45) is 17.8. The molecule has 0 aliphatic rings. The third kappa shape index (κ3) is 14.6. The highest BCUT2D eigenvalue weighted by Crippen LogP contribution is 2.14. The Hall–Kier alpha value is -0.0800. The Morgan fingerprint density at radius 3 is 1.52 bits per heavy atom. The van der Waals surface area contributed by atoms with Gasteiger partial charge >= 0.3 is 0 Å². The third-order valence-electron chi connectivity index (χ3n) is 4.34. The van der Waals surface area contributed by atoms with Gasteiger partial charge in [0.05, 0.1) is 12.2 Å². The SMILES string of the molecule is [CH2]C(OC)C(O)CCCCCCCCCCCCCCC. The summed E-state index contributed by atoms with van der Waals surface area (Å²) in [4.78, 5) is 0. The highest BCUT2D eigenvalue weighted by atomic mass is 16.5. The van der Waals surface area contributed by atoms with Crippen molar-refractivity contribution in [2.45, 2.75) is 109 Å². The standard InChI is InChI=1S/C19H39O2/c1-4-5-6-7-8-9-10-11-12-13-14-15-16-17-19(20)18(2)21-3/h18-20H,2,4-17H2,1,3H3. The lowest BCUT2D eigenvalue weighted by Crippen LogP contribution is -2.24. The Morgan fingerprint density at radius 1 is 0.762 bits per heavy atom. The average molecular weight is 300 g/mol. The largest absolute Gasteiger partial charge is 0.390 e. The van der Waals surface area contributed by atoms with Crippen molar-refractivity contribution in [2.75, 3.05) is 7.11 Å². The quantitative estimate of drug-likeness (QED) is 0.372. The molecular formula is C19H39O2. The predicted molar refractivity (Wildman–Crippen MR) is 92.5 cm³/mol. The van der Waals surface area contributed by atoms with Crippen molar-refractivity contribution < 1.29 is 9.84 Å². The van der Waals surface area contributed by atoms with Gasteiger partial charge in [-0.2, -0.15) is 0 Å². The average Bonchev–Trinajstić information content (AvgIpc) is 2.50. The van der Waals surface area contributed by atoms with Gasteiger partial charge in [0.15, 0.2) is 0 Å². The van der Waals surface area contributed by atoms with Crippen LogP contribution in [0, 0.1) is 6.92 Å². The lowest BCUT2D eigenvalue weighted by molar-refractivity contribution is 0.00976. The molecule has 127 valence electrons. The highest BCUT2D eigenvalue weighted by Gasteiger charge is 2.12. The van der Waals surface area contributed by atoms with E-state index in [1.54, 1.807) is 7.11 Å². The van der Waals surface area contributed by atoms with Crippen molar-refractivity contribution >= 4 is 0 Å². The van der Waals surface area contributed by atoms with E-state index in [1.165, 1.54) is 77.0 Å². The first-order chi connectivity index (χ1) is 10.2. The molecule has 1 radical (unpaired) electrons. The van der Waals surface area contributed by atoms with E-state index in [-0.39, 0.29) is 6.10 Å². The molecule has 0 aliphatic carbocycles. The summed E-state index contributed by atoms with van der Waals surface area (Å²) in [5.41, 5.74) is 0. The molecule has 2 atom stereocenters. The minimum atomic E-state index is -0.400. The van der Waals surface area contributed by atoms with E-state index in [9.17, 15) is 5.11 Å². The van der Waals surface area contributed by atoms with Crippen LogP contribution in [0.2, 0.25) is 0 Å². The normalized spacial score (nSPS) is 14.3. The van der Waals surface area contributed by atoms with Crippen LogP contribution in [0.4, 0.5) is 0 Å². The molecule has 0 heterocycles. The summed E-state index contributed by atoms with van der Waals surface area (Å²) >= 11 is 0. The van der Waals surface area contributed by atoms with Crippen molar-refractivity contribution in [1.29, 1.82) is 0 Å². The molecular weight excluding hydrogens is 260 g/mol. The van der Waals surface area contributed by atoms with Crippen LogP contribution in [0.5, 0.6) is 0 Å². The van der Waals surface area contributed by atoms with Gasteiger partial charge in [0.2, 0.25) is 0 Å². The molecule has 0 fully saturated rings. The van der Waals surface area contributed by atoms with Crippen LogP contribution >= 0.6 is 0 Å². The second kappa shape index (κ2) is 16.3. The van der Waals surface area contributed by atoms with Crippen LogP contribution in [-0.4, -0.2) is 24.4 Å². The maximum Gasteiger partial charge on any atom is 0.0831 e. The molecule has 0 saturated heterocycles. The molecule has 1 N–H and O–H groups in total. The van der Waals surface area contributed by atoms with E-state index in [2.05, 4.69) is 13.8 Å². The van der Waals surface area contributed by atoms with Gasteiger partial charge in [0.1, 0.15) is 0 Å². The van der Waals surface area contributed by atoms with Gasteiger partial charge in [-0.25, -0.2) is 0 Å². The summed E-state index contributed by atoms with van der Waals surface area (Å²) in [6, 6.07) is 0. The number of aliphatic hydroxyl groups is 1. The second-order valence-electron chi connectivity index (χ2n) is 6.37. The summed E-state index contributed by atoms with van der Waals surface area (Å²) in [6.45, 7) is 6.04. The van der Waals surface area contributed by atoms with Crippen molar-refractivity contribution in [3.63, 3.8) is 0 Å². The molecule has 2 nitrogen and oxygen atoms in total. The topological polar surface area (TPSA) is 29.5 Å². The van der Waals surface area contributed by atoms with Crippen molar-refractivity contribution in [3.05, 3.63) is 6.92 Å². The van der Waals surface area contributed by atoms with Crippen LogP contribution in [0.25, 0.3) is 0 Å². The minimum absolute atomic E-state index is 0.276. The third-order valence-corrected chi connectivity index (χ3v) is 4.34. The van der Waals surface area contributed by atoms with E-state index in [0.29, 0.717) is 0 Å². The molecule has 0 aromatic heterocycles. The molecule has 0 spiro atoms. The Bertz CT molecular complexity index is 194. The summed E-state index contributed by atoms with van der Waals surface area (Å²) in [5.74, 6) is 0. The zero-order valence-corrected chi connectivity index (χ0v) is 14.6. The molecule has 0 aromatic carbocycles. The monoisotopic (exact) mass is 299 g/mol. The van der Waals surface area contributed by atoms with E-state index >= 15 is 0 Å². The number of aliphatic hydroxyl groups excluding tert-OH is 1. The lowest BCUT2D eigenvalue weighted by Gasteiger charge is -2.16.